The van der Waals surface area contributed by atoms with E-state index in [4.69, 9.17) is 16.3 Å². The molecule has 2 fully saturated rings. The topological polar surface area (TPSA) is 15.8 Å². The zero-order valence-corrected chi connectivity index (χ0v) is 10.2. The molecule has 0 amide bonds. The molecule has 2 aliphatic rings. The normalized spacial score (nSPS) is 33.5. The van der Waals surface area contributed by atoms with Crippen LogP contribution in [0.1, 0.15) is 18.9 Å². The molecule has 0 spiro atoms. The first-order valence-corrected chi connectivity index (χ1v) is 6.19. The molecule has 0 unspecified atom stereocenters. The van der Waals surface area contributed by atoms with Crippen LogP contribution < -0.4 is 0 Å². The van der Waals surface area contributed by atoms with Crippen LogP contribution in [0.4, 0.5) is 0 Å². The highest BCUT2D eigenvalue weighted by Gasteiger charge is 2.54. The lowest BCUT2D eigenvalue weighted by atomic mass is 9.98. The van der Waals surface area contributed by atoms with Crippen molar-refractivity contribution in [2.24, 2.45) is 0 Å². The maximum Gasteiger partial charge on any atom is 0.0997 e. The maximum atomic E-state index is 6.16. The molecule has 2 aliphatic heterocycles. The number of hydrogen-bond acceptors (Lipinski definition) is 2. The van der Waals surface area contributed by atoms with Crippen LogP contribution in [-0.2, 0) is 11.3 Å². The molecule has 0 aromatic heterocycles. The quantitative estimate of drug-likeness (QED) is 0.736. The van der Waals surface area contributed by atoms with Crippen molar-refractivity contribution in [3.63, 3.8) is 0 Å². The Bertz CT molecular complexity index is 409. The SMILES string of the molecule is C[C@@]12CCN(Cc3ccccc3Cl)C[C@@H]1O2. The molecule has 0 saturated carbocycles. The Labute approximate surface area is 101 Å². The van der Waals surface area contributed by atoms with E-state index < -0.39 is 0 Å². The van der Waals surface area contributed by atoms with E-state index in [9.17, 15) is 0 Å². The fraction of sp³-hybridized carbons (Fsp3) is 0.538. The molecule has 16 heavy (non-hydrogen) atoms. The van der Waals surface area contributed by atoms with E-state index in [1.165, 1.54) is 5.56 Å². The van der Waals surface area contributed by atoms with Crippen LogP contribution in [0.25, 0.3) is 0 Å². The van der Waals surface area contributed by atoms with Crippen molar-refractivity contribution >= 4 is 11.6 Å². The molecule has 86 valence electrons. The summed E-state index contributed by atoms with van der Waals surface area (Å²) < 4.78 is 5.69. The van der Waals surface area contributed by atoms with Crippen molar-refractivity contribution in [2.45, 2.75) is 31.6 Å². The third-order valence-electron chi connectivity index (χ3n) is 3.74. The zero-order valence-electron chi connectivity index (χ0n) is 9.45. The Balaban J connectivity index is 1.66. The Hall–Kier alpha value is -0.570. The minimum atomic E-state index is 0.191. The summed E-state index contributed by atoms with van der Waals surface area (Å²) in [5.74, 6) is 0. The van der Waals surface area contributed by atoms with Gasteiger partial charge in [-0.3, -0.25) is 4.90 Å². The number of ether oxygens (including phenoxy) is 1. The highest BCUT2D eigenvalue weighted by Crippen LogP contribution is 2.43. The third kappa shape index (κ3) is 1.86. The first-order valence-electron chi connectivity index (χ1n) is 5.81. The highest BCUT2D eigenvalue weighted by atomic mass is 35.5. The van der Waals surface area contributed by atoms with Crippen LogP contribution in [0.3, 0.4) is 0 Å². The number of piperidine rings is 1. The van der Waals surface area contributed by atoms with Gasteiger partial charge < -0.3 is 4.74 Å². The number of rotatable bonds is 2. The summed E-state index contributed by atoms with van der Waals surface area (Å²) in [5.41, 5.74) is 1.41. The molecule has 0 aliphatic carbocycles. The first kappa shape index (κ1) is 10.6. The number of nitrogens with zero attached hydrogens (tertiary/aromatic N) is 1. The van der Waals surface area contributed by atoms with E-state index in [0.29, 0.717) is 6.10 Å². The van der Waals surface area contributed by atoms with Gasteiger partial charge in [0.2, 0.25) is 0 Å². The molecule has 2 heterocycles. The van der Waals surface area contributed by atoms with Gasteiger partial charge in [0.05, 0.1) is 11.7 Å². The molecule has 2 saturated heterocycles. The van der Waals surface area contributed by atoms with Crippen LogP contribution >= 0.6 is 11.6 Å². The van der Waals surface area contributed by atoms with Gasteiger partial charge in [-0.2, -0.15) is 0 Å². The van der Waals surface area contributed by atoms with Gasteiger partial charge in [0, 0.05) is 24.7 Å². The number of likely N-dealkylation sites (tertiary alicyclic amines) is 1. The molecule has 2 nitrogen and oxygen atoms in total. The number of hydrogen-bond donors (Lipinski definition) is 0. The molecule has 3 heteroatoms. The van der Waals surface area contributed by atoms with Gasteiger partial charge in [0.1, 0.15) is 0 Å². The van der Waals surface area contributed by atoms with Gasteiger partial charge in [-0.15, -0.1) is 0 Å². The smallest absolute Gasteiger partial charge is 0.0997 e. The molecule has 0 radical (unpaired) electrons. The van der Waals surface area contributed by atoms with E-state index in [-0.39, 0.29) is 5.60 Å². The Morgan fingerprint density at radius 2 is 2.31 bits per heavy atom. The van der Waals surface area contributed by atoms with E-state index in [2.05, 4.69) is 17.9 Å². The Morgan fingerprint density at radius 3 is 3.06 bits per heavy atom. The molecule has 1 aromatic rings. The van der Waals surface area contributed by atoms with Gasteiger partial charge in [0.25, 0.3) is 0 Å². The number of fused-ring (bicyclic) bond motifs is 1. The highest BCUT2D eigenvalue weighted by molar-refractivity contribution is 6.31. The minimum Gasteiger partial charge on any atom is -0.365 e. The number of benzene rings is 1. The molecule has 3 rings (SSSR count). The van der Waals surface area contributed by atoms with Crippen LogP contribution in [0.2, 0.25) is 5.02 Å². The Morgan fingerprint density at radius 1 is 1.50 bits per heavy atom. The molecule has 2 atom stereocenters. The van der Waals surface area contributed by atoms with Crippen LogP contribution in [0.15, 0.2) is 24.3 Å². The van der Waals surface area contributed by atoms with Crippen molar-refractivity contribution in [1.82, 2.24) is 4.90 Å². The minimum absolute atomic E-state index is 0.191. The molecular formula is C13H16ClNO. The lowest BCUT2D eigenvalue weighted by Crippen LogP contribution is -2.37. The lowest BCUT2D eigenvalue weighted by molar-refractivity contribution is 0.223. The van der Waals surface area contributed by atoms with E-state index >= 15 is 0 Å². The average Bonchev–Trinajstić information content (AvgIpc) is 2.93. The zero-order chi connectivity index (χ0) is 11.2. The van der Waals surface area contributed by atoms with E-state index in [1.807, 2.05) is 18.2 Å². The largest absolute Gasteiger partial charge is 0.365 e. The fourth-order valence-electron chi connectivity index (χ4n) is 2.46. The summed E-state index contributed by atoms with van der Waals surface area (Å²) in [6, 6.07) is 8.08. The van der Waals surface area contributed by atoms with Crippen LogP contribution in [0.5, 0.6) is 0 Å². The van der Waals surface area contributed by atoms with Crippen molar-refractivity contribution in [2.75, 3.05) is 13.1 Å². The predicted molar refractivity (Wildman–Crippen MR) is 64.6 cm³/mol. The van der Waals surface area contributed by atoms with Gasteiger partial charge in [-0.05, 0) is 25.0 Å². The lowest BCUT2D eigenvalue weighted by Gasteiger charge is -2.27. The Kier molecular flexibility index (Phi) is 2.46. The van der Waals surface area contributed by atoms with Crippen LogP contribution in [0, 0.1) is 0 Å². The van der Waals surface area contributed by atoms with Gasteiger partial charge >= 0.3 is 0 Å². The van der Waals surface area contributed by atoms with Crippen molar-refractivity contribution in [3.05, 3.63) is 34.9 Å². The second-order valence-electron chi connectivity index (χ2n) is 5.00. The summed E-state index contributed by atoms with van der Waals surface area (Å²) in [6.07, 6.45) is 1.59. The summed E-state index contributed by atoms with van der Waals surface area (Å²) in [6.45, 7) is 5.31. The molecule has 1 aromatic carbocycles. The maximum absolute atomic E-state index is 6.16. The van der Waals surface area contributed by atoms with Crippen molar-refractivity contribution < 1.29 is 4.74 Å². The number of epoxide rings is 1. The van der Waals surface area contributed by atoms with Crippen molar-refractivity contribution in [1.29, 1.82) is 0 Å². The second-order valence-corrected chi connectivity index (χ2v) is 5.40. The summed E-state index contributed by atoms with van der Waals surface area (Å²) in [4.78, 5) is 2.43. The van der Waals surface area contributed by atoms with Crippen LogP contribution in [-0.4, -0.2) is 29.7 Å². The second kappa shape index (κ2) is 3.73. The summed E-state index contributed by atoms with van der Waals surface area (Å²) >= 11 is 6.16. The van der Waals surface area contributed by atoms with E-state index in [0.717, 1.165) is 31.1 Å². The summed E-state index contributed by atoms with van der Waals surface area (Å²) in [7, 11) is 0. The molecular weight excluding hydrogens is 222 g/mol. The molecule has 0 N–H and O–H groups in total. The monoisotopic (exact) mass is 237 g/mol. The van der Waals surface area contributed by atoms with Crippen molar-refractivity contribution in [3.8, 4) is 0 Å². The standard InChI is InChI=1S/C13H16ClNO/c1-13-6-7-15(9-12(13)16-13)8-10-4-2-3-5-11(10)14/h2-5,12H,6-9H2,1H3/t12-,13+/m0/s1. The van der Waals surface area contributed by atoms with Gasteiger partial charge in [-0.1, -0.05) is 29.8 Å². The fourth-order valence-corrected chi connectivity index (χ4v) is 2.65. The summed E-state index contributed by atoms with van der Waals surface area (Å²) in [5, 5.41) is 0.868. The van der Waals surface area contributed by atoms with E-state index in [1.54, 1.807) is 0 Å². The average molecular weight is 238 g/mol. The van der Waals surface area contributed by atoms with Gasteiger partial charge in [0.15, 0.2) is 0 Å². The first-order chi connectivity index (χ1) is 7.67. The third-order valence-corrected chi connectivity index (χ3v) is 4.10. The molecule has 0 bridgehead atoms. The van der Waals surface area contributed by atoms with Gasteiger partial charge in [-0.25, -0.2) is 0 Å². The predicted octanol–water partition coefficient (Wildman–Crippen LogP) is 2.70. The number of halogens is 1.